The smallest absolute Gasteiger partial charge is 0.358 e. The number of methoxy groups -OCH3 is 2. The topological polar surface area (TPSA) is 53.4 Å². The third kappa shape index (κ3) is 1.82. The summed E-state index contributed by atoms with van der Waals surface area (Å²) in [7, 11) is 2.88. The standard InChI is InChI=1S/C7H10N2O3/c1-11-5-9-3-6(8-4-9)7(10)12-2/h3-4H,5H2,1-2H3. The van der Waals surface area contributed by atoms with Gasteiger partial charge < -0.3 is 14.0 Å². The van der Waals surface area contributed by atoms with E-state index in [1.807, 2.05) is 0 Å². The lowest BCUT2D eigenvalue weighted by Crippen LogP contribution is -2.01. The van der Waals surface area contributed by atoms with Crippen molar-refractivity contribution in [1.29, 1.82) is 0 Å². The molecule has 0 amide bonds. The minimum Gasteiger partial charge on any atom is -0.464 e. The predicted molar refractivity (Wildman–Crippen MR) is 40.6 cm³/mol. The van der Waals surface area contributed by atoms with Crippen molar-refractivity contribution in [2.24, 2.45) is 0 Å². The number of imidazole rings is 1. The second-order valence-corrected chi connectivity index (χ2v) is 2.18. The highest BCUT2D eigenvalue weighted by molar-refractivity contribution is 5.86. The van der Waals surface area contributed by atoms with E-state index in [-0.39, 0.29) is 5.69 Å². The molecule has 0 aromatic carbocycles. The van der Waals surface area contributed by atoms with E-state index in [2.05, 4.69) is 9.72 Å². The fourth-order valence-corrected chi connectivity index (χ4v) is 0.790. The van der Waals surface area contributed by atoms with Crippen molar-refractivity contribution in [3.05, 3.63) is 18.2 Å². The fourth-order valence-electron chi connectivity index (χ4n) is 0.790. The Balaban J connectivity index is 2.70. The summed E-state index contributed by atoms with van der Waals surface area (Å²) in [6.45, 7) is 0.379. The Morgan fingerprint density at radius 2 is 2.42 bits per heavy atom. The van der Waals surface area contributed by atoms with Gasteiger partial charge in [-0.2, -0.15) is 0 Å². The Morgan fingerprint density at radius 3 is 3.00 bits per heavy atom. The van der Waals surface area contributed by atoms with Crippen LogP contribution in [0.3, 0.4) is 0 Å². The van der Waals surface area contributed by atoms with E-state index >= 15 is 0 Å². The maximum absolute atomic E-state index is 10.9. The first-order valence-corrected chi connectivity index (χ1v) is 3.37. The summed E-state index contributed by atoms with van der Waals surface area (Å²) in [4.78, 5) is 14.7. The minimum atomic E-state index is -0.440. The van der Waals surface area contributed by atoms with Gasteiger partial charge in [0.05, 0.1) is 13.4 Å². The number of hydrogen-bond acceptors (Lipinski definition) is 4. The zero-order valence-corrected chi connectivity index (χ0v) is 6.98. The van der Waals surface area contributed by atoms with Crippen LogP contribution in [0.2, 0.25) is 0 Å². The number of aromatic nitrogens is 2. The maximum atomic E-state index is 10.9. The van der Waals surface area contributed by atoms with E-state index in [0.29, 0.717) is 6.73 Å². The van der Waals surface area contributed by atoms with Gasteiger partial charge in [-0.05, 0) is 0 Å². The van der Waals surface area contributed by atoms with E-state index in [1.54, 1.807) is 17.9 Å². The molecule has 0 saturated carbocycles. The quantitative estimate of drug-likeness (QED) is 0.611. The Bertz CT molecular complexity index is 269. The van der Waals surface area contributed by atoms with E-state index in [9.17, 15) is 4.79 Å². The first kappa shape index (κ1) is 8.73. The summed E-state index contributed by atoms with van der Waals surface area (Å²) in [6, 6.07) is 0. The summed E-state index contributed by atoms with van der Waals surface area (Å²) in [5.74, 6) is -0.440. The largest absolute Gasteiger partial charge is 0.464 e. The van der Waals surface area contributed by atoms with Crippen LogP contribution >= 0.6 is 0 Å². The van der Waals surface area contributed by atoms with E-state index < -0.39 is 5.97 Å². The van der Waals surface area contributed by atoms with Gasteiger partial charge in [-0.1, -0.05) is 0 Å². The van der Waals surface area contributed by atoms with Crippen LogP contribution in [-0.2, 0) is 16.2 Å². The van der Waals surface area contributed by atoms with Crippen LogP contribution in [0.5, 0.6) is 0 Å². The molecule has 12 heavy (non-hydrogen) atoms. The van der Waals surface area contributed by atoms with Gasteiger partial charge in [0.2, 0.25) is 0 Å². The van der Waals surface area contributed by atoms with Crippen molar-refractivity contribution in [2.75, 3.05) is 14.2 Å². The van der Waals surface area contributed by atoms with Crippen LogP contribution < -0.4 is 0 Å². The SMILES string of the molecule is COCn1cnc(C(=O)OC)c1. The first-order valence-electron chi connectivity index (χ1n) is 3.37. The van der Waals surface area contributed by atoms with Gasteiger partial charge in [-0.3, -0.25) is 0 Å². The number of nitrogens with zero attached hydrogens (tertiary/aromatic N) is 2. The van der Waals surface area contributed by atoms with Gasteiger partial charge in [0.1, 0.15) is 6.73 Å². The molecule has 0 aliphatic rings. The average Bonchev–Trinajstić information content (AvgIpc) is 2.52. The molecule has 1 aromatic rings. The van der Waals surface area contributed by atoms with Gasteiger partial charge in [-0.25, -0.2) is 9.78 Å². The summed E-state index contributed by atoms with van der Waals surface area (Å²) in [6.07, 6.45) is 3.07. The number of rotatable bonds is 3. The van der Waals surface area contributed by atoms with Crippen molar-refractivity contribution in [1.82, 2.24) is 9.55 Å². The molecule has 0 unspecified atom stereocenters. The summed E-state index contributed by atoms with van der Waals surface area (Å²) >= 11 is 0. The zero-order valence-electron chi connectivity index (χ0n) is 6.98. The van der Waals surface area contributed by atoms with Crippen LogP contribution in [0.15, 0.2) is 12.5 Å². The molecular formula is C7H10N2O3. The molecule has 0 spiro atoms. The molecule has 0 fully saturated rings. The lowest BCUT2D eigenvalue weighted by molar-refractivity contribution is 0.0594. The average molecular weight is 170 g/mol. The lowest BCUT2D eigenvalue weighted by Gasteiger charge is -1.96. The van der Waals surface area contributed by atoms with Gasteiger partial charge in [0.15, 0.2) is 5.69 Å². The van der Waals surface area contributed by atoms with E-state index in [1.165, 1.54) is 13.4 Å². The van der Waals surface area contributed by atoms with Crippen LogP contribution in [-0.4, -0.2) is 29.7 Å². The van der Waals surface area contributed by atoms with Gasteiger partial charge in [-0.15, -0.1) is 0 Å². The van der Waals surface area contributed by atoms with Crippen LogP contribution in [0.25, 0.3) is 0 Å². The van der Waals surface area contributed by atoms with Crippen LogP contribution in [0.4, 0.5) is 0 Å². The molecule has 0 saturated heterocycles. The zero-order chi connectivity index (χ0) is 8.97. The molecule has 0 aliphatic heterocycles. The van der Waals surface area contributed by atoms with Crippen molar-refractivity contribution in [3.63, 3.8) is 0 Å². The molecular weight excluding hydrogens is 160 g/mol. The Labute approximate surface area is 69.9 Å². The number of hydrogen-bond donors (Lipinski definition) is 0. The highest BCUT2D eigenvalue weighted by atomic mass is 16.5. The van der Waals surface area contributed by atoms with Crippen LogP contribution in [0.1, 0.15) is 10.5 Å². The van der Waals surface area contributed by atoms with Crippen molar-refractivity contribution in [3.8, 4) is 0 Å². The van der Waals surface area contributed by atoms with Gasteiger partial charge in [0.25, 0.3) is 0 Å². The van der Waals surface area contributed by atoms with Gasteiger partial charge >= 0.3 is 5.97 Å². The molecule has 1 rings (SSSR count). The fraction of sp³-hybridized carbons (Fsp3) is 0.429. The van der Waals surface area contributed by atoms with Crippen molar-refractivity contribution in [2.45, 2.75) is 6.73 Å². The Kier molecular flexibility index (Phi) is 2.82. The normalized spacial score (nSPS) is 9.83. The van der Waals surface area contributed by atoms with E-state index in [0.717, 1.165) is 0 Å². The molecule has 5 nitrogen and oxygen atoms in total. The highest BCUT2D eigenvalue weighted by Gasteiger charge is 2.07. The predicted octanol–water partition coefficient (Wildman–Crippen LogP) is 0.274. The number of carbonyl (C=O) groups excluding carboxylic acids is 1. The number of esters is 1. The molecule has 0 atom stereocenters. The van der Waals surface area contributed by atoms with E-state index in [4.69, 9.17) is 4.74 Å². The Morgan fingerprint density at radius 1 is 1.67 bits per heavy atom. The monoisotopic (exact) mass is 170 g/mol. The van der Waals surface area contributed by atoms with Crippen LogP contribution in [0, 0.1) is 0 Å². The lowest BCUT2D eigenvalue weighted by atomic mass is 10.5. The molecule has 1 aromatic heterocycles. The molecule has 66 valence electrons. The summed E-state index contributed by atoms with van der Waals surface area (Å²) in [5.41, 5.74) is 0.287. The third-order valence-corrected chi connectivity index (χ3v) is 1.31. The number of ether oxygens (including phenoxy) is 2. The third-order valence-electron chi connectivity index (χ3n) is 1.31. The number of carbonyl (C=O) groups is 1. The summed E-state index contributed by atoms with van der Waals surface area (Å²) < 4.78 is 10.9. The molecule has 0 aliphatic carbocycles. The first-order chi connectivity index (χ1) is 5.77. The Hall–Kier alpha value is -1.36. The highest BCUT2D eigenvalue weighted by Crippen LogP contribution is 1.97. The van der Waals surface area contributed by atoms with Crippen molar-refractivity contribution < 1.29 is 14.3 Å². The molecule has 0 radical (unpaired) electrons. The maximum Gasteiger partial charge on any atom is 0.358 e. The summed E-state index contributed by atoms with van der Waals surface area (Å²) in [5, 5.41) is 0. The van der Waals surface area contributed by atoms with Crippen molar-refractivity contribution >= 4 is 5.97 Å². The minimum absolute atomic E-state index is 0.287. The molecule has 5 heteroatoms. The second kappa shape index (κ2) is 3.87. The molecule has 1 heterocycles. The second-order valence-electron chi connectivity index (χ2n) is 2.18. The van der Waals surface area contributed by atoms with Gasteiger partial charge in [0, 0.05) is 13.3 Å². The molecule has 0 N–H and O–H groups in total. The molecule has 0 bridgehead atoms.